The van der Waals surface area contributed by atoms with Crippen LogP contribution in [-0.4, -0.2) is 36.2 Å². The Morgan fingerprint density at radius 3 is 2.46 bits per heavy atom. The Labute approximate surface area is 212 Å². The molecule has 0 atom stereocenters. The molecule has 2 aromatic carbocycles. The molecule has 2 aromatic heterocycles. The highest BCUT2D eigenvalue weighted by Gasteiger charge is 2.24. The molecule has 37 heavy (non-hydrogen) atoms. The third-order valence-corrected chi connectivity index (χ3v) is 8.69. The number of nitrogens with one attached hydrogen (secondary N) is 1. The number of aryl methyl sites for hydroxylation is 1. The van der Waals surface area contributed by atoms with Gasteiger partial charge >= 0.3 is 0 Å². The number of fused-ring (bicyclic) bond motifs is 1. The lowest BCUT2D eigenvalue weighted by molar-refractivity contribution is -0.112. The molecule has 8 nitrogen and oxygen atoms in total. The normalized spacial score (nSPS) is 14.3. The SMILES string of the molecule is C=C(C)C(=O)Nc1ccc(-c2c(-c3ccc(N=S4(=O)CCC4)c(F)c3)c3c(N)ncnc3n2C)cc1F. The van der Waals surface area contributed by atoms with Gasteiger partial charge in [0.25, 0.3) is 5.91 Å². The Bertz CT molecular complexity index is 1730. The lowest BCUT2D eigenvalue weighted by atomic mass is 9.98. The first-order valence-electron chi connectivity index (χ1n) is 11.5. The van der Waals surface area contributed by atoms with Crippen LogP contribution in [0.5, 0.6) is 0 Å². The van der Waals surface area contributed by atoms with Gasteiger partial charge in [0.1, 0.15) is 35.1 Å². The van der Waals surface area contributed by atoms with E-state index < -0.39 is 27.3 Å². The number of amides is 1. The molecular formula is C26H24F2N6O2S. The number of aromatic nitrogens is 3. The molecule has 0 spiro atoms. The first kappa shape index (κ1) is 24.6. The van der Waals surface area contributed by atoms with Crippen molar-refractivity contribution in [2.45, 2.75) is 13.3 Å². The number of carbonyl (C=O) groups is 1. The van der Waals surface area contributed by atoms with Gasteiger partial charge in [-0.1, -0.05) is 18.7 Å². The molecule has 1 aliphatic rings. The summed E-state index contributed by atoms with van der Waals surface area (Å²) in [4.78, 5) is 20.4. The highest BCUT2D eigenvalue weighted by Crippen LogP contribution is 2.43. The number of rotatable bonds is 5. The summed E-state index contributed by atoms with van der Waals surface area (Å²) in [5.74, 6) is -0.682. The van der Waals surface area contributed by atoms with Crippen LogP contribution in [0, 0.1) is 11.6 Å². The second kappa shape index (κ2) is 9.07. The first-order valence-corrected chi connectivity index (χ1v) is 13.3. The molecule has 0 saturated carbocycles. The number of halogens is 2. The van der Waals surface area contributed by atoms with Gasteiger partial charge in [-0.15, -0.1) is 0 Å². The van der Waals surface area contributed by atoms with Crippen LogP contribution >= 0.6 is 0 Å². The molecule has 1 saturated heterocycles. The van der Waals surface area contributed by atoms with Crippen molar-refractivity contribution in [2.24, 2.45) is 11.4 Å². The summed E-state index contributed by atoms with van der Waals surface area (Å²) < 4.78 is 48.6. The average Bonchev–Trinajstić information content (AvgIpc) is 3.14. The highest BCUT2D eigenvalue weighted by atomic mass is 32.2. The zero-order valence-electron chi connectivity index (χ0n) is 20.2. The van der Waals surface area contributed by atoms with Gasteiger partial charge in [-0.25, -0.2) is 23.0 Å². The molecular weight excluding hydrogens is 498 g/mol. The lowest BCUT2D eigenvalue weighted by Crippen LogP contribution is -2.23. The summed E-state index contributed by atoms with van der Waals surface area (Å²) in [6.07, 6.45) is 2.13. The van der Waals surface area contributed by atoms with Crippen LogP contribution in [0.3, 0.4) is 0 Å². The first-order chi connectivity index (χ1) is 17.6. The Morgan fingerprint density at radius 2 is 1.84 bits per heavy atom. The van der Waals surface area contributed by atoms with Crippen molar-refractivity contribution >= 4 is 43.9 Å². The molecule has 5 rings (SSSR count). The van der Waals surface area contributed by atoms with E-state index in [0.29, 0.717) is 44.9 Å². The van der Waals surface area contributed by atoms with Crippen LogP contribution in [0.25, 0.3) is 33.4 Å². The zero-order chi connectivity index (χ0) is 26.5. The van der Waals surface area contributed by atoms with E-state index in [2.05, 4.69) is 26.2 Å². The molecule has 1 aliphatic heterocycles. The summed E-state index contributed by atoms with van der Waals surface area (Å²) in [7, 11) is -0.650. The van der Waals surface area contributed by atoms with Gasteiger partial charge in [0.05, 0.1) is 26.5 Å². The third kappa shape index (κ3) is 4.35. The summed E-state index contributed by atoms with van der Waals surface area (Å²) in [5.41, 5.74) is 8.90. The molecule has 1 fully saturated rings. The van der Waals surface area contributed by atoms with Gasteiger partial charge in [0, 0.05) is 35.3 Å². The molecule has 3 heterocycles. The average molecular weight is 523 g/mol. The Hall–Kier alpha value is -4.12. The fourth-order valence-electron chi connectivity index (χ4n) is 4.29. The van der Waals surface area contributed by atoms with Gasteiger partial charge in [0.15, 0.2) is 0 Å². The molecule has 0 radical (unpaired) electrons. The van der Waals surface area contributed by atoms with Crippen LogP contribution in [-0.2, 0) is 21.6 Å². The van der Waals surface area contributed by atoms with Gasteiger partial charge in [-0.3, -0.25) is 4.79 Å². The van der Waals surface area contributed by atoms with Crippen LogP contribution in [0.2, 0.25) is 0 Å². The third-order valence-electron chi connectivity index (χ3n) is 6.30. The molecule has 0 aliphatic carbocycles. The number of hydrogen-bond acceptors (Lipinski definition) is 6. The number of nitrogen functional groups attached to an aromatic ring is 1. The van der Waals surface area contributed by atoms with Gasteiger partial charge in [0.2, 0.25) is 0 Å². The number of hydrogen-bond donors (Lipinski definition) is 2. The van der Waals surface area contributed by atoms with Crippen molar-refractivity contribution in [1.82, 2.24) is 14.5 Å². The maximum Gasteiger partial charge on any atom is 0.250 e. The Kier molecular flexibility index (Phi) is 6.03. The maximum absolute atomic E-state index is 15.2. The van der Waals surface area contributed by atoms with E-state index in [-0.39, 0.29) is 22.8 Å². The Morgan fingerprint density at radius 1 is 1.14 bits per heavy atom. The van der Waals surface area contributed by atoms with Gasteiger partial charge in [-0.05, 0) is 43.2 Å². The minimum Gasteiger partial charge on any atom is -0.383 e. The van der Waals surface area contributed by atoms with Crippen molar-refractivity contribution in [1.29, 1.82) is 0 Å². The number of benzene rings is 2. The predicted molar refractivity (Wildman–Crippen MR) is 142 cm³/mol. The van der Waals surface area contributed by atoms with Crippen molar-refractivity contribution in [3.05, 3.63) is 66.5 Å². The van der Waals surface area contributed by atoms with Crippen molar-refractivity contribution in [3.8, 4) is 22.4 Å². The molecule has 0 unspecified atom stereocenters. The fraction of sp³-hybridized carbons (Fsp3) is 0.192. The standard InChI is InChI=1S/C26H24F2N6O2S/c1-14(2)26(35)32-19-7-6-16(12-17(19)27)23-21(22-24(29)30-13-31-25(22)34(23)3)15-5-8-20(18(28)11-15)33-37(36)9-4-10-37/h5-8,11-13H,1,4,9-10H2,2-3H3,(H,32,35)(H2,29,30,31). The monoisotopic (exact) mass is 522 g/mol. The number of carbonyl (C=O) groups excluding carboxylic acids is 1. The van der Waals surface area contributed by atoms with Crippen LogP contribution in [0.4, 0.5) is 26.0 Å². The minimum absolute atomic E-state index is 0.00147. The molecule has 11 heteroatoms. The van der Waals surface area contributed by atoms with E-state index in [1.165, 1.54) is 37.5 Å². The number of nitrogens with two attached hydrogens (primary N) is 1. The highest BCUT2D eigenvalue weighted by molar-refractivity contribution is 7.95. The van der Waals surface area contributed by atoms with Gasteiger partial charge in [-0.2, -0.15) is 4.36 Å². The summed E-state index contributed by atoms with van der Waals surface area (Å²) in [6, 6.07) is 8.79. The van der Waals surface area contributed by atoms with Crippen LogP contribution in [0.1, 0.15) is 13.3 Å². The van der Waals surface area contributed by atoms with E-state index in [0.717, 1.165) is 6.42 Å². The second-order valence-electron chi connectivity index (χ2n) is 8.96. The van der Waals surface area contributed by atoms with E-state index >= 15 is 8.78 Å². The molecule has 4 aromatic rings. The molecule has 1 amide bonds. The van der Waals surface area contributed by atoms with E-state index in [1.807, 2.05) is 0 Å². The summed E-state index contributed by atoms with van der Waals surface area (Å²) in [6.45, 7) is 5.09. The smallest absolute Gasteiger partial charge is 0.250 e. The largest absolute Gasteiger partial charge is 0.383 e. The summed E-state index contributed by atoms with van der Waals surface area (Å²) in [5, 5.41) is 2.96. The quantitative estimate of drug-likeness (QED) is 0.351. The molecule has 0 bridgehead atoms. The van der Waals surface area contributed by atoms with E-state index in [9.17, 15) is 9.00 Å². The topological polar surface area (TPSA) is 115 Å². The van der Waals surface area contributed by atoms with E-state index in [1.54, 1.807) is 23.7 Å². The molecule has 190 valence electrons. The van der Waals surface area contributed by atoms with Crippen molar-refractivity contribution in [3.63, 3.8) is 0 Å². The van der Waals surface area contributed by atoms with Crippen LogP contribution in [0.15, 0.2) is 59.2 Å². The van der Waals surface area contributed by atoms with Crippen LogP contribution < -0.4 is 11.1 Å². The fourth-order valence-corrected chi connectivity index (χ4v) is 5.76. The van der Waals surface area contributed by atoms with E-state index in [4.69, 9.17) is 5.73 Å². The second-order valence-corrected chi connectivity index (χ2v) is 11.5. The lowest BCUT2D eigenvalue weighted by Gasteiger charge is -2.18. The number of nitrogens with zero attached hydrogens (tertiary/aromatic N) is 4. The Balaban J connectivity index is 1.69. The minimum atomic E-state index is -2.39. The maximum atomic E-state index is 15.2. The molecule has 3 N–H and O–H groups in total. The van der Waals surface area contributed by atoms with Crippen molar-refractivity contribution < 1.29 is 17.8 Å². The van der Waals surface area contributed by atoms with Crippen molar-refractivity contribution in [2.75, 3.05) is 22.6 Å². The van der Waals surface area contributed by atoms with Gasteiger partial charge < -0.3 is 15.6 Å². The number of anilines is 2. The zero-order valence-corrected chi connectivity index (χ0v) is 21.0. The predicted octanol–water partition coefficient (Wildman–Crippen LogP) is 5.18. The summed E-state index contributed by atoms with van der Waals surface area (Å²) >= 11 is 0.